The Kier molecular flexibility index (Phi) is 5.26. The van der Waals surface area contributed by atoms with Gasteiger partial charge in [0, 0.05) is 12.7 Å². The van der Waals surface area contributed by atoms with Crippen LogP contribution in [0.5, 0.6) is 0 Å². The van der Waals surface area contributed by atoms with Gasteiger partial charge in [0.2, 0.25) is 5.91 Å². The Morgan fingerprint density at radius 3 is 2.73 bits per heavy atom. The maximum atomic E-state index is 12.3. The van der Waals surface area contributed by atoms with Crippen LogP contribution in [0.25, 0.3) is 0 Å². The molecule has 2 aromatic rings. The van der Waals surface area contributed by atoms with Crippen LogP contribution in [0, 0.1) is 13.8 Å². The highest BCUT2D eigenvalue weighted by atomic mass is 32.2. The van der Waals surface area contributed by atoms with Gasteiger partial charge in [-0.2, -0.15) is 0 Å². The van der Waals surface area contributed by atoms with Gasteiger partial charge in [-0.1, -0.05) is 17.8 Å². The molecule has 6 heteroatoms. The Morgan fingerprint density at radius 1 is 1.41 bits per heavy atom. The van der Waals surface area contributed by atoms with Crippen LogP contribution in [0.4, 0.5) is 5.69 Å². The van der Waals surface area contributed by atoms with Crippen molar-refractivity contribution in [1.82, 2.24) is 9.55 Å². The SMILES string of the molecule is Cc1ccc(NC(=O)C(C)Sc2ncc(CO)n2C)cc1C. The number of rotatable bonds is 5. The fourth-order valence-electron chi connectivity index (χ4n) is 1.96. The Labute approximate surface area is 134 Å². The van der Waals surface area contributed by atoms with Crippen molar-refractivity contribution in [3.63, 3.8) is 0 Å². The van der Waals surface area contributed by atoms with Crippen LogP contribution < -0.4 is 5.32 Å². The fourth-order valence-corrected chi connectivity index (χ4v) is 2.83. The quantitative estimate of drug-likeness (QED) is 0.832. The number of imidazole rings is 1. The number of carbonyl (C=O) groups excluding carboxylic acids is 1. The molecule has 0 saturated heterocycles. The number of nitrogens with one attached hydrogen (secondary N) is 1. The Morgan fingerprint density at radius 2 is 2.14 bits per heavy atom. The summed E-state index contributed by atoms with van der Waals surface area (Å²) in [5, 5.41) is 12.5. The standard InChI is InChI=1S/C16H21N3O2S/c1-10-5-6-13(7-11(10)2)18-15(21)12(3)22-16-17-8-14(9-20)19(16)4/h5-8,12,20H,9H2,1-4H3,(H,18,21). The van der Waals surface area contributed by atoms with Gasteiger partial charge in [0.25, 0.3) is 0 Å². The van der Waals surface area contributed by atoms with Crippen LogP contribution in [-0.2, 0) is 18.4 Å². The average molecular weight is 319 g/mol. The molecule has 22 heavy (non-hydrogen) atoms. The Bertz CT molecular complexity index is 682. The Balaban J connectivity index is 2.02. The van der Waals surface area contributed by atoms with Crippen LogP contribution in [0.1, 0.15) is 23.7 Å². The number of thioether (sulfide) groups is 1. The summed E-state index contributed by atoms with van der Waals surface area (Å²) in [5.74, 6) is -0.0678. The van der Waals surface area contributed by atoms with Crippen molar-refractivity contribution in [3.05, 3.63) is 41.2 Å². The van der Waals surface area contributed by atoms with Gasteiger partial charge in [-0.05, 0) is 44.0 Å². The molecule has 1 amide bonds. The van der Waals surface area contributed by atoms with Crippen molar-refractivity contribution in [2.24, 2.45) is 7.05 Å². The molecule has 2 N–H and O–H groups in total. The molecule has 1 aromatic carbocycles. The highest BCUT2D eigenvalue weighted by Crippen LogP contribution is 2.24. The molecular formula is C16H21N3O2S. The van der Waals surface area contributed by atoms with Gasteiger partial charge in [0.1, 0.15) is 0 Å². The number of hydrogen-bond acceptors (Lipinski definition) is 4. The van der Waals surface area contributed by atoms with E-state index in [-0.39, 0.29) is 17.8 Å². The van der Waals surface area contributed by atoms with Gasteiger partial charge in [-0.3, -0.25) is 4.79 Å². The first-order valence-electron chi connectivity index (χ1n) is 7.08. The third kappa shape index (κ3) is 3.69. The molecular weight excluding hydrogens is 298 g/mol. The number of aliphatic hydroxyl groups is 1. The molecule has 5 nitrogen and oxygen atoms in total. The highest BCUT2D eigenvalue weighted by Gasteiger charge is 2.18. The number of aryl methyl sites for hydroxylation is 2. The normalized spacial score (nSPS) is 12.2. The molecule has 1 unspecified atom stereocenters. The van der Waals surface area contributed by atoms with E-state index >= 15 is 0 Å². The molecule has 0 aliphatic carbocycles. The summed E-state index contributed by atoms with van der Waals surface area (Å²) in [6.07, 6.45) is 1.62. The molecule has 1 aromatic heterocycles. The van der Waals surface area contributed by atoms with Crippen molar-refractivity contribution < 1.29 is 9.90 Å². The molecule has 0 saturated carbocycles. The van der Waals surface area contributed by atoms with Crippen molar-refractivity contribution in [3.8, 4) is 0 Å². The molecule has 2 rings (SSSR count). The zero-order valence-corrected chi connectivity index (χ0v) is 14.1. The van der Waals surface area contributed by atoms with Crippen LogP contribution in [0.3, 0.4) is 0 Å². The van der Waals surface area contributed by atoms with Crippen molar-refractivity contribution >= 4 is 23.4 Å². The molecule has 0 bridgehead atoms. The predicted octanol–water partition coefficient (Wildman–Crippen LogP) is 2.65. The zero-order chi connectivity index (χ0) is 16.3. The van der Waals surface area contributed by atoms with E-state index in [9.17, 15) is 4.79 Å². The summed E-state index contributed by atoms with van der Waals surface area (Å²) in [6, 6.07) is 5.87. The maximum Gasteiger partial charge on any atom is 0.237 e. The molecule has 0 spiro atoms. The summed E-state index contributed by atoms with van der Waals surface area (Å²) >= 11 is 1.37. The molecule has 118 valence electrons. The Hall–Kier alpha value is -1.79. The third-order valence-corrected chi connectivity index (χ3v) is 4.79. The lowest BCUT2D eigenvalue weighted by molar-refractivity contribution is -0.115. The predicted molar refractivity (Wildman–Crippen MR) is 89.0 cm³/mol. The monoisotopic (exact) mass is 319 g/mol. The van der Waals surface area contributed by atoms with E-state index in [0.29, 0.717) is 5.16 Å². The summed E-state index contributed by atoms with van der Waals surface area (Å²) in [5.41, 5.74) is 3.88. The van der Waals surface area contributed by atoms with E-state index < -0.39 is 0 Å². The number of anilines is 1. The smallest absolute Gasteiger partial charge is 0.237 e. The van der Waals surface area contributed by atoms with Gasteiger partial charge in [-0.15, -0.1) is 0 Å². The van der Waals surface area contributed by atoms with Gasteiger partial charge in [0.15, 0.2) is 5.16 Å². The highest BCUT2D eigenvalue weighted by molar-refractivity contribution is 8.00. The molecule has 1 heterocycles. The topological polar surface area (TPSA) is 67.2 Å². The van der Waals surface area contributed by atoms with Crippen LogP contribution >= 0.6 is 11.8 Å². The molecule has 0 aliphatic rings. The second kappa shape index (κ2) is 6.98. The molecule has 0 aliphatic heterocycles. The van der Waals surface area contributed by atoms with E-state index in [1.165, 1.54) is 17.3 Å². The first-order chi connectivity index (χ1) is 10.4. The summed E-state index contributed by atoms with van der Waals surface area (Å²) in [4.78, 5) is 16.5. The van der Waals surface area contributed by atoms with Crippen molar-refractivity contribution in [1.29, 1.82) is 0 Å². The van der Waals surface area contributed by atoms with Crippen LogP contribution in [-0.4, -0.2) is 25.8 Å². The summed E-state index contributed by atoms with van der Waals surface area (Å²) < 4.78 is 1.80. The van der Waals surface area contributed by atoms with Gasteiger partial charge in [-0.25, -0.2) is 4.98 Å². The summed E-state index contributed by atoms with van der Waals surface area (Å²) in [6.45, 7) is 5.84. The zero-order valence-electron chi connectivity index (χ0n) is 13.3. The van der Waals surface area contributed by atoms with Gasteiger partial charge < -0.3 is 15.0 Å². The number of hydrogen-bond donors (Lipinski definition) is 2. The van der Waals surface area contributed by atoms with E-state index in [4.69, 9.17) is 5.11 Å². The van der Waals surface area contributed by atoms with E-state index in [1.54, 1.807) is 10.8 Å². The number of benzene rings is 1. The lowest BCUT2D eigenvalue weighted by Crippen LogP contribution is -2.23. The molecule has 0 fully saturated rings. The minimum absolute atomic E-state index is 0.0622. The number of amides is 1. The van der Waals surface area contributed by atoms with Crippen LogP contribution in [0.15, 0.2) is 29.6 Å². The summed E-state index contributed by atoms with van der Waals surface area (Å²) in [7, 11) is 1.83. The number of aliphatic hydroxyl groups excluding tert-OH is 1. The lowest BCUT2D eigenvalue weighted by atomic mass is 10.1. The van der Waals surface area contributed by atoms with Crippen LogP contribution in [0.2, 0.25) is 0 Å². The first kappa shape index (κ1) is 16.6. The number of nitrogens with zero attached hydrogens (tertiary/aromatic N) is 2. The maximum absolute atomic E-state index is 12.3. The minimum atomic E-state index is -0.283. The second-order valence-electron chi connectivity index (χ2n) is 5.30. The number of aromatic nitrogens is 2. The average Bonchev–Trinajstić information content (AvgIpc) is 2.83. The van der Waals surface area contributed by atoms with Gasteiger partial charge >= 0.3 is 0 Å². The fraction of sp³-hybridized carbons (Fsp3) is 0.375. The van der Waals surface area contributed by atoms with E-state index in [1.807, 2.05) is 46.0 Å². The van der Waals surface area contributed by atoms with E-state index in [0.717, 1.165) is 16.9 Å². The largest absolute Gasteiger partial charge is 0.390 e. The molecule has 1 atom stereocenters. The molecule has 0 radical (unpaired) electrons. The lowest BCUT2D eigenvalue weighted by Gasteiger charge is -2.13. The van der Waals surface area contributed by atoms with Crippen molar-refractivity contribution in [2.45, 2.75) is 37.8 Å². The van der Waals surface area contributed by atoms with E-state index in [2.05, 4.69) is 10.3 Å². The third-order valence-electron chi connectivity index (χ3n) is 3.63. The first-order valence-corrected chi connectivity index (χ1v) is 7.96. The number of carbonyl (C=O) groups is 1. The van der Waals surface area contributed by atoms with Crippen molar-refractivity contribution in [2.75, 3.05) is 5.32 Å². The van der Waals surface area contributed by atoms with Gasteiger partial charge in [0.05, 0.1) is 23.7 Å². The second-order valence-corrected chi connectivity index (χ2v) is 6.61. The minimum Gasteiger partial charge on any atom is -0.390 e.